The fourth-order valence-corrected chi connectivity index (χ4v) is 4.44. The van der Waals surface area contributed by atoms with Crippen molar-refractivity contribution in [1.82, 2.24) is 24.6 Å². The molecule has 136 valence electrons. The number of aromatic amines is 1. The quantitative estimate of drug-likeness (QED) is 0.904. The van der Waals surface area contributed by atoms with Crippen LogP contribution in [-0.2, 0) is 13.6 Å². The number of halogens is 1. The molecule has 3 heterocycles. The highest BCUT2D eigenvalue weighted by Gasteiger charge is 2.36. The average Bonchev–Trinajstić information content (AvgIpc) is 3.36. The van der Waals surface area contributed by atoms with Crippen molar-refractivity contribution in [2.24, 2.45) is 13.0 Å². The van der Waals surface area contributed by atoms with Crippen molar-refractivity contribution in [3.63, 3.8) is 0 Å². The summed E-state index contributed by atoms with van der Waals surface area (Å²) >= 11 is 0. The average molecular weight is 345 g/mol. The molecule has 0 spiro atoms. The first-order valence-electron chi connectivity index (χ1n) is 9.55. The Labute approximate surface area is 148 Å². The van der Waals surface area contributed by atoms with Gasteiger partial charge in [-0.05, 0) is 25.0 Å². The van der Waals surface area contributed by atoms with Crippen LogP contribution in [0.4, 0.5) is 4.39 Å². The highest BCUT2D eigenvalue weighted by molar-refractivity contribution is 5.11. The number of hydrogen-bond donors (Lipinski definition) is 1. The van der Waals surface area contributed by atoms with Crippen LogP contribution in [0, 0.1) is 5.92 Å². The van der Waals surface area contributed by atoms with Crippen molar-refractivity contribution in [3.8, 4) is 0 Å². The molecule has 2 aliphatic rings. The maximum atomic E-state index is 13.6. The number of likely N-dealkylation sites (tertiary alicyclic amines) is 1. The number of aryl methyl sites for hydroxylation is 1. The highest BCUT2D eigenvalue weighted by atomic mass is 19.1. The molecule has 5 nitrogen and oxygen atoms in total. The molecule has 25 heavy (non-hydrogen) atoms. The van der Waals surface area contributed by atoms with Gasteiger partial charge in [0.25, 0.3) is 0 Å². The van der Waals surface area contributed by atoms with Gasteiger partial charge in [-0.15, -0.1) is 0 Å². The van der Waals surface area contributed by atoms with Gasteiger partial charge in [-0.25, -0.2) is 4.98 Å². The van der Waals surface area contributed by atoms with Crippen molar-refractivity contribution in [1.29, 1.82) is 0 Å². The van der Waals surface area contributed by atoms with E-state index in [0.717, 1.165) is 31.3 Å². The molecule has 1 saturated heterocycles. The number of nitrogens with zero attached hydrogens (tertiary/aromatic N) is 4. The van der Waals surface area contributed by atoms with Crippen molar-refractivity contribution in [2.75, 3.05) is 19.8 Å². The molecule has 1 saturated carbocycles. The van der Waals surface area contributed by atoms with Crippen molar-refractivity contribution >= 4 is 0 Å². The second-order valence-corrected chi connectivity index (χ2v) is 7.74. The molecule has 0 amide bonds. The van der Waals surface area contributed by atoms with Gasteiger partial charge in [-0.2, -0.15) is 5.10 Å². The lowest BCUT2D eigenvalue weighted by Gasteiger charge is -2.18. The second-order valence-electron chi connectivity index (χ2n) is 7.74. The summed E-state index contributed by atoms with van der Waals surface area (Å²) in [5.74, 6) is 2.46. The number of alkyl halides is 1. The summed E-state index contributed by atoms with van der Waals surface area (Å²) in [4.78, 5) is 7.14. The number of hydrogen-bond acceptors (Lipinski definition) is 3. The molecule has 1 N–H and O–H groups in total. The van der Waals surface area contributed by atoms with Crippen molar-refractivity contribution in [2.45, 2.75) is 50.5 Å². The zero-order chi connectivity index (χ0) is 17.2. The molecule has 1 aliphatic carbocycles. The van der Waals surface area contributed by atoms with Crippen LogP contribution in [0.25, 0.3) is 0 Å². The first-order chi connectivity index (χ1) is 12.2. The van der Waals surface area contributed by atoms with E-state index in [0.29, 0.717) is 5.92 Å². The summed E-state index contributed by atoms with van der Waals surface area (Å²) in [5, 5.41) is 7.63. The van der Waals surface area contributed by atoms with Gasteiger partial charge >= 0.3 is 0 Å². The SMILES string of the molecule is Cn1cccc1CN1C[C@@H](CF)[C@H](c2nc(C3CCCCC3)n[nH]2)C1. The highest BCUT2D eigenvalue weighted by Crippen LogP contribution is 2.35. The van der Waals surface area contributed by atoms with Gasteiger partial charge in [-0.3, -0.25) is 14.4 Å². The Kier molecular flexibility index (Phi) is 4.88. The Bertz CT molecular complexity index is 688. The van der Waals surface area contributed by atoms with Gasteiger partial charge < -0.3 is 4.57 Å². The first kappa shape index (κ1) is 16.8. The van der Waals surface area contributed by atoms with E-state index in [1.165, 1.54) is 37.8 Å². The van der Waals surface area contributed by atoms with E-state index in [9.17, 15) is 4.39 Å². The minimum Gasteiger partial charge on any atom is -0.353 e. The van der Waals surface area contributed by atoms with Gasteiger partial charge in [0.2, 0.25) is 0 Å². The van der Waals surface area contributed by atoms with Crippen LogP contribution in [0.2, 0.25) is 0 Å². The molecular formula is C19H28FN5. The zero-order valence-electron chi connectivity index (χ0n) is 15.0. The van der Waals surface area contributed by atoms with Crippen LogP contribution >= 0.6 is 0 Å². The zero-order valence-corrected chi connectivity index (χ0v) is 15.0. The van der Waals surface area contributed by atoms with E-state index in [1.54, 1.807) is 0 Å². The normalized spacial score (nSPS) is 25.7. The number of rotatable bonds is 5. The lowest BCUT2D eigenvalue weighted by Crippen LogP contribution is -2.21. The molecule has 6 heteroatoms. The molecule has 0 aromatic carbocycles. The van der Waals surface area contributed by atoms with E-state index in [1.807, 2.05) is 0 Å². The molecule has 0 unspecified atom stereocenters. The Morgan fingerprint density at radius 3 is 2.80 bits per heavy atom. The third-order valence-corrected chi connectivity index (χ3v) is 5.99. The Hall–Kier alpha value is -1.69. The molecule has 2 aromatic heterocycles. The summed E-state index contributed by atoms with van der Waals surface area (Å²) in [6.07, 6.45) is 8.31. The Morgan fingerprint density at radius 1 is 1.24 bits per heavy atom. The largest absolute Gasteiger partial charge is 0.353 e. The van der Waals surface area contributed by atoms with E-state index in [-0.39, 0.29) is 18.5 Å². The molecule has 0 radical (unpaired) electrons. The number of aromatic nitrogens is 4. The third kappa shape index (κ3) is 3.50. The van der Waals surface area contributed by atoms with Gasteiger partial charge in [0.05, 0.1) is 6.67 Å². The van der Waals surface area contributed by atoms with Crippen LogP contribution in [0.1, 0.15) is 61.3 Å². The fraction of sp³-hybridized carbons (Fsp3) is 0.684. The summed E-state index contributed by atoms with van der Waals surface area (Å²) in [7, 11) is 2.06. The topological polar surface area (TPSA) is 49.7 Å². The summed E-state index contributed by atoms with van der Waals surface area (Å²) in [6.45, 7) is 2.19. The molecule has 1 aliphatic heterocycles. The van der Waals surface area contributed by atoms with Crippen LogP contribution in [0.15, 0.2) is 18.3 Å². The molecule has 2 aromatic rings. The molecule has 2 atom stereocenters. The van der Waals surface area contributed by atoms with Gasteiger partial charge in [0.1, 0.15) is 5.82 Å². The smallest absolute Gasteiger partial charge is 0.153 e. The van der Waals surface area contributed by atoms with E-state index in [4.69, 9.17) is 4.98 Å². The lowest BCUT2D eigenvalue weighted by atomic mass is 9.89. The summed E-state index contributed by atoms with van der Waals surface area (Å²) in [6, 6.07) is 4.19. The maximum Gasteiger partial charge on any atom is 0.153 e. The maximum absolute atomic E-state index is 13.6. The number of H-pyrrole nitrogens is 1. The standard InChI is InChI=1S/C19H28FN5/c1-24-9-5-8-16(24)12-25-11-15(10-20)17(13-25)19-21-18(22-23-19)14-6-3-2-4-7-14/h5,8-9,14-15,17H,2-4,6-7,10-13H2,1H3,(H,21,22,23)/t15-,17-/m1/s1. The van der Waals surface area contributed by atoms with Crippen LogP contribution in [-0.4, -0.2) is 44.4 Å². The molecular weight excluding hydrogens is 317 g/mol. The van der Waals surface area contributed by atoms with Crippen molar-refractivity contribution in [3.05, 3.63) is 35.7 Å². The van der Waals surface area contributed by atoms with Crippen LogP contribution < -0.4 is 0 Å². The predicted molar refractivity (Wildman–Crippen MR) is 95.1 cm³/mol. The van der Waals surface area contributed by atoms with Crippen molar-refractivity contribution < 1.29 is 4.39 Å². The minimum atomic E-state index is -0.298. The minimum absolute atomic E-state index is 0.00687. The van der Waals surface area contributed by atoms with E-state index >= 15 is 0 Å². The second kappa shape index (κ2) is 7.28. The summed E-state index contributed by atoms with van der Waals surface area (Å²) < 4.78 is 15.8. The fourth-order valence-electron chi connectivity index (χ4n) is 4.44. The number of nitrogens with one attached hydrogen (secondary N) is 1. The Balaban J connectivity index is 1.45. The van der Waals surface area contributed by atoms with E-state index < -0.39 is 0 Å². The van der Waals surface area contributed by atoms with Crippen LogP contribution in [0.3, 0.4) is 0 Å². The summed E-state index contributed by atoms with van der Waals surface area (Å²) in [5.41, 5.74) is 1.26. The van der Waals surface area contributed by atoms with Gasteiger partial charge in [0, 0.05) is 56.3 Å². The predicted octanol–water partition coefficient (Wildman–Crippen LogP) is 3.38. The van der Waals surface area contributed by atoms with E-state index in [2.05, 4.69) is 45.0 Å². The first-order valence-corrected chi connectivity index (χ1v) is 9.55. The monoisotopic (exact) mass is 345 g/mol. The third-order valence-electron chi connectivity index (χ3n) is 5.99. The van der Waals surface area contributed by atoms with Gasteiger partial charge in [0.15, 0.2) is 5.82 Å². The van der Waals surface area contributed by atoms with Gasteiger partial charge in [-0.1, -0.05) is 19.3 Å². The molecule has 0 bridgehead atoms. The lowest BCUT2D eigenvalue weighted by molar-refractivity contribution is 0.291. The van der Waals surface area contributed by atoms with Crippen LogP contribution in [0.5, 0.6) is 0 Å². The molecule has 4 rings (SSSR count). The molecule has 2 fully saturated rings. The Morgan fingerprint density at radius 2 is 2.08 bits per heavy atom.